The Hall–Kier alpha value is -2.68. The Labute approximate surface area is 167 Å². The maximum Gasteiger partial charge on any atom is 0.293 e. The molecule has 1 atom stereocenters. The van der Waals surface area contributed by atoms with Crippen molar-refractivity contribution in [1.29, 1.82) is 0 Å². The average Bonchev–Trinajstić information content (AvgIpc) is 2.70. The van der Waals surface area contributed by atoms with Crippen molar-refractivity contribution >= 4 is 28.9 Å². The average molecular weight is 405 g/mol. The van der Waals surface area contributed by atoms with Crippen molar-refractivity contribution in [2.24, 2.45) is 5.73 Å². The number of primary amides is 1. The van der Waals surface area contributed by atoms with Gasteiger partial charge in [0.2, 0.25) is 5.91 Å². The number of anilines is 1. The molecule has 1 saturated heterocycles. The quantitative estimate of drug-likeness (QED) is 0.542. The van der Waals surface area contributed by atoms with Gasteiger partial charge >= 0.3 is 0 Å². The maximum absolute atomic E-state index is 11.4. The van der Waals surface area contributed by atoms with Crippen molar-refractivity contribution in [3.63, 3.8) is 0 Å². The molecule has 8 nitrogen and oxygen atoms in total. The molecular formula is C19H21ClN4O4. The lowest BCUT2D eigenvalue weighted by atomic mass is 10.0. The Morgan fingerprint density at radius 2 is 2.00 bits per heavy atom. The number of carbonyl (C=O) groups excluding carboxylic acids is 1. The van der Waals surface area contributed by atoms with Crippen LogP contribution in [0.15, 0.2) is 42.5 Å². The lowest BCUT2D eigenvalue weighted by Gasteiger charge is -2.35. The van der Waals surface area contributed by atoms with Crippen LogP contribution in [0, 0.1) is 10.1 Å². The third-order valence-corrected chi connectivity index (χ3v) is 5.06. The number of nitrogens with two attached hydrogens (primary N) is 1. The summed E-state index contributed by atoms with van der Waals surface area (Å²) in [4.78, 5) is 24.5. The fraction of sp³-hybridized carbons (Fsp3) is 0.316. The third-order valence-electron chi connectivity index (χ3n) is 4.72. The van der Waals surface area contributed by atoms with E-state index in [9.17, 15) is 14.9 Å². The van der Waals surface area contributed by atoms with Crippen LogP contribution in [-0.2, 0) is 4.74 Å². The number of nitro groups is 1. The van der Waals surface area contributed by atoms with E-state index in [0.717, 1.165) is 18.7 Å². The van der Waals surface area contributed by atoms with Gasteiger partial charge in [0.25, 0.3) is 5.69 Å². The summed E-state index contributed by atoms with van der Waals surface area (Å²) in [5.41, 5.74) is 6.38. The maximum atomic E-state index is 11.4. The number of carbonyl (C=O) groups is 1. The largest absolute Gasteiger partial charge is 0.379 e. The number of morpholine rings is 1. The highest BCUT2D eigenvalue weighted by Gasteiger charge is 2.25. The van der Waals surface area contributed by atoms with Gasteiger partial charge in [-0.1, -0.05) is 29.8 Å². The molecule has 3 rings (SSSR count). The summed E-state index contributed by atoms with van der Waals surface area (Å²) in [7, 11) is 0. The van der Waals surface area contributed by atoms with Crippen LogP contribution in [0.1, 0.15) is 22.0 Å². The highest BCUT2D eigenvalue weighted by atomic mass is 35.5. The first-order valence-corrected chi connectivity index (χ1v) is 9.23. The molecule has 0 aliphatic carbocycles. The Kier molecular flexibility index (Phi) is 6.45. The van der Waals surface area contributed by atoms with Crippen molar-refractivity contribution in [3.05, 3.63) is 68.7 Å². The van der Waals surface area contributed by atoms with E-state index in [1.54, 1.807) is 0 Å². The molecule has 0 aromatic heterocycles. The number of nitrogens with one attached hydrogen (secondary N) is 1. The molecule has 28 heavy (non-hydrogen) atoms. The highest BCUT2D eigenvalue weighted by molar-refractivity contribution is 6.31. The normalized spacial score (nSPS) is 15.8. The summed E-state index contributed by atoms with van der Waals surface area (Å²) in [6.45, 7) is 3.11. The van der Waals surface area contributed by atoms with Crippen molar-refractivity contribution in [3.8, 4) is 0 Å². The second kappa shape index (κ2) is 9.01. The number of benzene rings is 2. The minimum absolute atomic E-state index is 0.0898. The fourth-order valence-electron chi connectivity index (χ4n) is 3.26. The number of rotatable bonds is 7. The number of amides is 1. The van der Waals surface area contributed by atoms with Crippen LogP contribution >= 0.6 is 11.6 Å². The first-order chi connectivity index (χ1) is 13.5. The molecule has 0 spiro atoms. The predicted octanol–water partition coefficient (Wildman–Crippen LogP) is 2.83. The smallest absolute Gasteiger partial charge is 0.293 e. The minimum atomic E-state index is -0.711. The molecule has 1 unspecified atom stereocenters. The number of hydrogen-bond acceptors (Lipinski definition) is 6. The molecule has 148 valence electrons. The van der Waals surface area contributed by atoms with Gasteiger partial charge < -0.3 is 15.8 Å². The van der Waals surface area contributed by atoms with E-state index >= 15 is 0 Å². The summed E-state index contributed by atoms with van der Waals surface area (Å²) in [5.74, 6) is -0.711. The zero-order chi connectivity index (χ0) is 20.1. The lowest BCUT2D eigenvalue weighted by molar-refractivity contribution is -0.384. The van der Waals surface area contributed by atoms with Gasteiger partial charge in [-0.15, -0.1) is 0 Å². The number of hydrogen-bond donors (Lipinski definition) is 2. The summed E-state index contributed by atoms with van der Waals surface area (Å²) in [6, 6.07) is 11.6. The standard InChI is InChI=1S/C19H21ClN4O4/c20-15-4-2-1-3-14(15)18(23-7-9-28-10-8-23)12-22-16-6-5-13(19(21)25)11-17(16)24(26)27/h1-6,11,18,22H,7-10,12H2,(H2,21,25). The second-order valence-electron chi connectivity index (χ2n) is 6.42. The summed E-state index contributed by atoms with van der Waals surface area (Å²) in [6.07, 6.45) is 0. The second-order valence-corrected chi connectivity index (χ2v) is 6.83. The number of nitro benzene ring substituents is 1. The first kappa shape index (κ1) is 20.1. The Bertz CT molecular complexity index is 871. The van der Waals surface area contributed by atoms with E-state index in [-0.39, 0.29) is 17.3 Å². The van der Waals surface area contributed by atoms with Crippen LogP contribution in [0.2, 0.25) is 5.02 Å². The highest BCUT2D eigenvalue weighted by Crippen LogP contribution is 2.31. The van der Waals surface area contributed by atoms with E-state index in [2.05, 4.69) is 10.2 Å². The molecule has 0 radical (unpaired) electrons. The van der Waals surface area contributed by atoms with Gasteiger partial charge in [-0.25, -0.2) is 0 Å². The van der Waals surface area contributed by atoms with Gasteiger partial charge in [0.1, 0.15) is 5.69 Å². The fourth-order valence-corrected chi connectivity index (χ4v) is 3.52. The number of ether oxygens (including phenoxy) is 1. The van der Waals surface area contributed by atoms with E-state index in [1.165, 1.54) is 18.2 Å². The molecule has 1 aliphatic rings. The Morgan fingerprint density at radius 1 is 1.29 bits per heavy atom. The third kappa shape index (κ3) is 4.59. The van der Waals surface area contributed by atoms with Gasteiger partial charge in [0, 0.05) is 36.3 Å². The van der Waals surface area contributed by atoms with Gasteiger partial charge in [-0.05, 0) is 23.8 Å². The van der Waals surface area contributed by atoms with E-state index in [1.807, 2.05) is 24.3 Å². The molecule has 1 fully saturated rings. The number of nitrogens with zero attached hydrogens (tertiary/aromatic N) is 2. The van der Waals surface area contributed by atoms with Gasteiger partial charge in [-0.3, -0.25) is 19.8 Å². The Balaban J connectivity index is 1.87. The molecule has 2 aromatic rings. The molecule has 1 heterocycles. The van der Waals surface area contributed by atoms with Crippen LogP contribution in [0.3, 0.4) is 0 Å². The SMILES string of the molecule is NC(=O)c1ccc(NCC(c2ccccc2Cl)N2CCOCC2)c([N+](=O)[O-])c1. The van der Waals surface area contributed by atoms with Crippen LogP contribution in [0.25, 0.3) is 0 Å². The molecule has 0 saturated carbocycles. The van der Waals surface area contributed by atoms with Gasteiger partial charge in [-0.2, -0.15) is 0 Å². The van der Waals surface area contributed by atoms with E-state index in [4.69, 9.17) is 22.1 Å². The van der Waals surface area contributed by atoms with Crippen molar-refractivity contribution in [1.82, 2.24) is 4.90 Å². The molecule has 2 aromatic carbocycles. The van der Waals surface area contributed by atoms with Crippen LogP contribution < -0.4 is 11.1 Å². The molecule has 1 aliphatic heterocycles. The molecule has 1 amide bonds. The molecule has 0 bridgehead atoms. The van der Waals surface area contributed by atoms with Crippen LogP contribution in [0.5, 0.6) is 0 Å². The monoisotopic (exact) mass is 404 g/mol. The van der Waals surface area contributed by atoms with E-state index < -0.39 is 10.8 Å². The van der Waals surface area contributed by atoms with Crippen LogP contribution in [-0.4, -0.2) is 48.6 Å². The van der Waals surface area contributed by atoms with Crippen LogP contribution in [0.4, 0.5) is 11.4 Å². The van der Waals surface area contributed by atoms with Gasteiger partial charge in [0.05, 0.1) is 24.2 Å². The van der Waals surface area contributed by atoms with Crippen molar-refractivity contribution < 1.29 is 14.5 Å². The molecule has 9 heteroatoms. The van der Waals surface area contributed by atoms with Gasteiger partial charge in [0.15, 0.2) is 0 Å². The molecule has 3 N–H and O–H groups in total. The van der Waals surface area contributed by atoms with Crippen molar-refractivity contribution in [2.45, 2.75) is 6.04 Å². The summed E-state index contributed by atoms with van der Waals surface area (Å²) in [5, 5.41) is 15.2. The minimum Gasteiger partial charge on any atom is -0.379 e. The zero-order valence-corrected chi connectivity index (χ0v) is 15.9. The number of halogens is 1. The first-order valence-electron chi connectivity index (χ1n) is 8.85. The predicted molar refractivity (Wildman–Crippen MR) is 107 cm³/mol. The zero-order valence-electron chi connectivity index (χ0n) is 15.1. The van der Waals surface area contributed by atoms with E-state index in [0.29, 0.717) is 30.5 Å². The topological polar surface area (TPSA) is 111 Å². The summed E-state index contributed by atoms with van der Waals surface area (Å²) >= 11 is 6.41. The lowest BCUT2D eigenvalue weighted by Crippen LogP contribution is -2.41. The Morgan fingerprint density at radius 3 is 2.64 bits per heavy atom. The molecular weight excluding hydrogens is 384 g/mol. The van der Waals surface area contributed by atoms with Crippen molar-refractivity contribution in [2.75, 3.05) is 38.2 Å². The summed E-state index contributed by atoms with van der Waals surface area (Å²) < 4.78 is 5.44.